The van der Waals surface area contributed by atoms with Crippen LogP contribution in [-0.4, -0.2) is 53.4 Å². The van der Waals surface area contributed by atoms with Gasteiger partial charge in [-0.05, 0) is 50.6 Å². The zero-order chi connectivity index (χ0) is 14.3. The molecule has 0 bridgehead atoms. The van der Waals surface area contributed by atoms with Crippen LogP contribution in [0.15, 0.2) is 0 Å². The van der Waals surface area contributed by atoms with E-state index in [1.165, 1.54) is 0 Å². The Morgan fingerprint density at radius 2 is 2.00 bits per heavy atom. The van der Waals surface area contributed by atoms with Crippen molar-refractivity contribution in [1.82, 2.24) is 4.90 Å². The normalized spacial score (nSPS) is 20.2. The molecule has 1 rings (SSSR count). The highest BCUT2D eigenvalue weighted by Gasteiger charge is 2.43. The highest BCUT2D eigenvalue weighted by molar-refractivity contribution is 7.99. The number of nitrogens with zero attached hydrogens (tertiary/aromatic N) is 2. The molecule has 1 atom stereocenters. The standard InChI is InChI=1S/C12H19F3N2OS/c13-12(14,15)11(18)10-2-6-17(7-3-10)5-1-8-19-9-4-16/h10-11,18H,1-3,5-9H2. The number of piperidine rings is 1. The Hall–Kier alpha value is -0.450. The SMILES string of the molecule is N#CCSCCCN1CCC(C(O)C(F)(F)F)CC1. The molecule has 1 aliphatic rings. The number of hydrogen-bond acceptors (Lipinski definition) is 4. The second-order valence-corrected chi connectivity index (χ2v) is 5.83. The van der Waals surface area contributed by atoms with E-state index >= 15 is 0 Å². The Morgan fingerprint density at radius 3 is 2.53 bits per heavy atom. The van der Waals surface area contributed by atoms with Gasteiger partial charge in [0.1, 0.15) is 0 Å². The highest BCUT2D eigenvalue weighted by atomic mass is 32.2. The zero-order valence-electron chi connectivity index (χ0n) is 10.7. The summed E-state index contributed by atoms with van der Waals surface area (Å²) in [6.45, 7) is 2.08. The third-order valence-corrected chi connectivity index (χ3v) is 4.25. The van der Waals surface area contributed by atoms with E-state index in [0.29, 0.717) is 31.7 Å². The van der Waals surface area contributed by atoms with Gasteiger partial charge >= 0.3 is 6.18 Å². The average Bonchev–Trinajstić information content (AvgIpc) is 2.37. The highest BCUT2D eigenvalue weighted by Crippen LogP contribution is 2.31. The van der Waals surface area contributed by atoms with Gasteiger partial charge in [0, 0.05) is 0 Å². The summed E-state index contributed by atoms with van der Waals surface area (Å²) in [5.74, 6) is 0.725. The van der Waals surface area contributed by atoms with Gasteiger partial charge in [0.15, 0.2) is 6.10 Å². The molecule has 1 aliphatic heterocycles. The van der Waals surface area contributed by atoms with Gasteiger partial charge < -0.3 is 10.0 Å². The van der Waals surface area contributed by atoms with E-state index in [2.05, 4.69) is 11.0 Å². The van der Waals surface area contributed by atoms with Crippen LogP contribution in [0.4, 0.5) is 13.2 Å². The summed E-state index contributed by atoms with van der Waals surface area (Å²) >= 11 is 1.57. The fraction of sp³-hybridized carbons (Fsp3) is 0.917. The van der Waals surface area contributed by atoms with Crippen molar-refractivity contribution < 1.29 is 18.3 Å². The Morgan fingerprint density at radius 1 is 1.37 bits per heavy atom. The number of aliphatic hydroxyl groups is 1. The van der Waals surface area contributed by atoms with Gasteiger partial charge in [-0.15, -0.1) is 11.8 Å². The Kier molecular flexibility index (Phi) is 6.97. The first kappa shape index (κ1) is 16.6. The monoisotopic (exact) mass is 296 g/mol. The number of likely N-dealkylation sites (tertiary alicyclic amines) is 1. The molecule has 0 saturated carbocycles. The quantitative estimate of drug-likeness (QED) is 0.764. The molecule has 0 amide bonds. The van der Waals surface area contributed by atoms with Gasteiger partial charge in [-0.25, -0.2) is 0 Å². The number of nitriles is 1. The Bertz CT molecular complexity index is 298. The molecule has 0 aliphatic carbocycles. The van der Waals surface area contributed by atoms with E-state index in [4.69, 9.17) is 5.26 Å². The third kappa shape index (κ3) is 6.02. The summed E-state index contributed by atoms with van der Waals surface area (Å²) in [6, 6.07) is 2.05. The summed E-state index contributed by atoms with van der Waals surface area (Å²) in [4.78, 5) is 2.13. The molecule has 1 N–H and O–H groups in total. The lowest BCUT2D eigenvalue weighted by atomic mass is 9.91. The number of alkyl halides is 3. The van der Waals surface area contributed by atoms with Gasteiger partial charge in [0.2, 0.25) is 0 Å². The first-order valence-electron chi connectivity index (χ1n) is 6.37. The van der Waals surface area contributed by atoms with Crippen molar-refractivity contribution in [3.05, 3.63) is 0 Å². The molecule has 110 valence electrons. The minimum atomic E-state index is -4.50. The van der Waals surface area contributed by atoms with E-state index in [9.17, 15) is 18.3 Å². The van der Waals surface area contributed by atoms with Gasteiger partial charge in [-0.1, -0.05) is 0 Å². The maximum atomic E-state index is 12.4. The van der Waals surface area contributed by atoms with Crippen molar-refractivity contribution in [1.29, 1.82) is 5.26 Å². The van der Waals surface area contributed by atoms with Gasteiger partial charge in [0.05, 0.1) is 11.8 Å². The van der Waals surface area contributed by atoms with Gasteiger partial charge in [-0.2, -0.15) is 18.4 Å². The summed E-state index contributed by atoms with van der Waals surface area (Å²) in [5.41, 5.74) is 0. The van der Waals surface area contributed by atoms with E-state index in [1.807, 2.05) is 0 Å². The summed E-state index contributed by atoms with van der Waals surface area (Å²) < 4.78 is 37.1. The van der Waals surface area contributed by atoms with Crippen LogP contribution in [0, 0.1) is 17.2 Å². The van der Waals surface area contributed by atoms with Crippen molar-refractivity contribution in [2.75, 3.05) is 31.1 Å². The zero-order valence-corrected chi connectivity index (χ0v) is 11.5. The van der Waals surface area contributed by atoms with Crippen LogP contribution in [0.2, 0.25) is 0 Å². The molecule has 0 aromatic carbocycles. The molecule has 0 radical (unpaired) electrons. The van der Waals surface area contributed by atoms with Crippen molar-refractivity contribution in [2.45, 2.75) is 31.5 Å². The van der Waals surface area contributed by atoms with Crippen LogP contribution in [0.1, 0.15) is 19.3 Å². The molecule has 1 unspecified atom stereocenters. The molecular formula is C12H19F3N2OS. The Labute approximate surface area is 115 Å². The van der Waals surface area contributed by atoms with Crippen molar-refractivity contribution >= 4 is 11.8 Å². The minimum absolute atomic E-state index is 0.395. The molecule has 0 aromatic rings. The van der Waals surface area contributed by atoms with E-state index in [0.717, 1.165) is 18.7 Å². The van der Waals surface area contributed by atoms with Gasteiger partial charge in [0.25, 0.3) is 0 Å². The van der Waals surface area contributed by atoms with Crippen LogP contribution in [0.3, 0.4) is 0 Å². The second kappa shape index (κ2) is 7.98. The number of thioether (sulfide) groups is 1. The molecule has 1 heterocycles. The molecule has 19 heavy (non-hydrogen) atoms. The molecular weight excluding hydrogens is 277 g/mol. The lowest BCUT2D eigenvalue weighted by Gasteiger charge is -2.34. The second-order valence-electron chi connectivity index (χ2n) is 4.73. The van der Waals surface area contributed by atoms with Crippen molar-refractivity contribution in [3.63, 3.8) is 0 Å². The largest absolute Gasteiger partial charge is 0.414 e. The molecule has 1 saturated heterocycles. The molecule has 1 fully saturated rings. The maximum absolute atomic E-state index is 12.4. The predicted molar refractivity (Wildman–Crippen MR) is 68.8 cm³/mol. The topological polar surface area (TPSA) is 47.3 Å². The van der Waals surface area contributed by atoms with Crippen LogP contribution in [0.25, 0.3) is 0 Å². The smallest absolute Gasteiger partial charge is 0.383 e. The minimum Gasteiger partial charge on any atom is -0.383 e. The maximum Gasteiger partial charge on any atom is 0.414 e. The van der Waals surface area contributed by atoms with Gasteiger partial charge in [-0.3, -0.25) is 0 Å². The molecule has 0 spiro atoms. The van der Waals surface area contributed by atoms with Crippen molar-refractivity contribution in [3.8, 4) is 6.07 Å². The van der Waals surface area contributed by atoms with Crippen LogP contribution < -0.4 is 0 Å². The van der Waals surface area contributed by atoms with Crippen LogP contribution in [0.5, 0.6) is 0 Å². The molecule has 7 heteroatoms. The predicted octanol–water partition coefficient (Wildman–Crippen LogP) is 2.27. The molecule has 0 aromatic heterocycles. The van der Waals surface area contributed by atoms with E-state index in [1.54, 1.807) is 11.8 Å². The van der Waals surface area contributed by atoms with Crippen LogP contribution in [-0.2, 0) is 0 Å². The Balaban J connectivity index is 2.17. The fourth-order valence-electron chi connectivity index (χ4n) is 2.27. The molecule has 3 nitrogen and oxygen atoms in total. The summed E-state index contributed by atoms with van der Waals surface area (Å²) in [5, 5.41) is 17.6. The summed E-state index contributed by atoms with van der Waals surface area (Å²) in [7, 11) is 0. The first-order valence-corrected chi connectivity index (χ1v) is 7.52. The first-order chi connectivity index (χ1) is 8.95. The van der Waals surface area contributed by atoms with Crippen molar-refractivity contribution in [2.24, 2.45) is 5.92 Å². The van der Waals surface area contributed by atoms with E-state index < -0.39 is 18.2 Å². The number of hydrogen-bond donors (Lipinski definition) is 1. The third-order valence-electron chi connectivity index (χ3n) is 3.34. The van der Waals surface area contributed by atoms with Crippen LogP contribution >= 0.6 is 11.8 Å². The average molecular weight is 296 g/mol. The number of rotatable bonds is 6. The number of halogens is 3. The lowest BCUT2D eigenvalue weighted by Crippen LogP contribution is -2.43. The van der Waals surface area contributed by atoms with E-state index in [-0.39, 0.29) is 0 Å². The number of aliphatic hydroxyl groups excluding tert-OH is 1. The summed E-state index contributed by atoms with van der Waals surface area (Å²) in [6.07, 6.45) is -4.95. The fourth-order valence-corrected chi connectivity index (χ4v) is 2.84. The lowest BCUT2D eigenvalue weighted by molar-refractivity contribution is -0.223.